The molecule has 0 spiro atoms. The van der Waals surface area contributed by atoms with Crippen LogP contribution in [-0.2, 0) is 17.9 Å². The van der Waals surface area contributed by atoms with E-state index in [1.54, 1.807) is 18.1 Å². The van der Waals surface area contributed by atoms with Crippen molar-refractivity contribution in [2.45, 2.75) is 13.1 Å². The minimum atomic E-state index is -0.0633. The van der Waals surface area contributed by atoms with E-state index in [-0.39, 0.29) is 5.91 Å². The third kappa shape index (κ3) is 5.77. The number of thioether (sulfide) groups is 1. The highest BCUT2D eigenvalue weighted by molar-refractivity contribution is 8.18. The molecule has 172 valence electrons. The smallest absolute Gasteiger partial charge is 0.267 e. The van der Waals surface area contributed by atoms with E-state index in [1.807, 2.05) is 84.9 Å². The number of carbonyl (C=O) groups excluding carboxylic acids is 1. The number of aliphatic imine (C=N–C) groups is 1. The van der Waals surface area contributed by atoms with Crippen molar-refractivity contribution in [2.75, 3.05) is 13.7 Å². The summed E-state index contributed by atoms with van der Waals surface area (Å²) < 4.78 is 11.1. The second kappa shape index (κ2) is 11.4. The Morgan fingerprint density at radius 3 is 2.35 bits per heavy atom. The number of amidine groups is 1. The lowest BCUT2D eigenvalue weighted by atomic mass is 10.1. The lowest BCUT2D eigenvalue weighted by Crippen LogP contribution is -2.28. The van der Waals surface area contributed by atoms with Crippen LogP contribution < -0.4 is 9.47 Å². The molecule has 3 aromatic rings. The van der Waals surface area contributed by atoms with Crippen molar-refractivity contribution in [3.63, 3.8) is 0 Å². The number of hydrogen-bond donors (Lipinski definition) is 0. The predicted molar refractivity (Wildman–Crippen MR) is 139 cm³/mol. The minimum absolute atomic E-state index is 0.0633. The summed E-state index contributed by atoms with van der Waals surface area (Å²) in [4.78, 5) is 20.5. The Kier molecular flexibility index (Phi) is 7.83. The SMILES string of the molecule is C=CCOc1ccc(/C=C2/SC(=NCc3ccccc3)N(Cc3ccccc3)C2=O)cc1OC. The van der Waals surface area contributed by atoms with Gasteiger partial charge in [-0.3, -0.25) is 14.7 Å². The first-order chi connectivity index (χ1) is 16.7. The van der Waals surface area contributed by atoms with E-state index < -0.39 is 0 Å². The van der Waals surface area contributed by atoms with Gasteiger partial charge in [0.2, 0.25) is 0 Å². The van der Waals surface area contributed by atoms with Gasteiger partial charge in [-0.1, -0.05) is 79.4 Å². The van der Waals surface area contributed by atoms with E-state index in [9.17, 15) is 4.79 Å². The van der Waals surface area contributed by atoms with Crippen LogP contribution in [0.3, 0.4) is 0 Å². The van der Waals surface area contributed by atoms with Crippen LogP contribution >= 0.6 is 11.8 Å². The Bertz CT molecular complexity index is 1210. The maximum atomic E-state index is 13.4. The summed E-state index contributed by atoms with van der Waals surface area (Å²) in [5.41, 5.74) is 3.00. The van der Waals surface area contributed by atoms with Gasteiger partial charge in [-0.25, -0.2) is 0 Å². The number of amides is 1. The van der Waals surface area contributed by atoms with E-state index in [2.05, 4.69) is 6.58 Å². The van der Waals surface area contributed by atoms with Crippen molar-refractivity contribution in [3.05, 3.63) is 113 Å². The molecule has 34 heavy (non-hydrogen) atoms. The molecule has 3 aromatic carbocycles. The van der Waals surface area contributed by atoms with E-state index in [0.29, 0.717) is 41.3 Å². The molecule has 1 saturated heterocycles. The largest absolute Gasteiger partial charge is 0.493 e. The van der Waals surface area contributed by atoms with Gasteiger partial charge in [-0.2, -0.15) is 0 Å². The summed E-state index contributed by atoms with van der Waals surface area (Å²) in [6, 6.07) is 25.6. The fourth-order valence-corrected chi connectivity index (χ4v) is 4.44. The number of nitrogens with zero attached hydrogens (tertiary/aromatic N) is 2. The molecule has 1 aliphatic rings. The molecule has 0 radical (unpaired) electrons. The highest BCUT2D eigenvalue weighted by Gasteiger charge is 2.33. The lowest BCUT2D eigenvalue weighted by Gasteiger charge is -2.15. The standard InChI is InChI=1S/C28H26N2O3S/c1-3-16-33-24-15-14-23(17-25(24)32-2)18-26-27(31)30(20-22-12-8-5-9-13-22)28(34-26)29-19-21-10-6-4-7-11-21/h3-15,17-18H,1,16,19-20H2,2H3/b26-18+,29-28?. The zero-order valence-corrected chi connectivity index (χ0v) is 19.8. The average molecular weight is 471 g/mol. The van der Waals surface area contributed by atoms with Gasteiger partial charge in [0.15, 0.2) is 16.7 Å². The number of rotatable bonds is 9. The number of methoxy groups -OCH3 is 1. The van der Waals surface area contributed by atoms with Gasteiger partial charge in [0.1, 0.15) is 6.61 Å². The van der Waals surface area contributed by atoms with E-state index in [0.717, 1.165) is 16.7 Å². The summed E-state index contributed by atoms with van der Waals surface area (Å²) in [5, 5.41) is 0.696. The predicted octanol–water partition coefficient (Wildman–Crippen LogP) is 5.93. The van der Waals surface area contributed by atoms with Crippen LogP contribution in [0.15, 0.2) is 101 Å². The third-order valence-electron chi connectivity index (χ3n) is 5.15. The van der Waals surface area contributed by atoms with Gasteiger partial charge >= 0.3 is 0 Å². The molecule has 0 saturated carbocycles. The van der Waals surface area contributed by atoms with E-state index in [4.69, 9.17) is 14.5 Å². The van der Waals surface area contributed by atoms with Gasteiger partial charge in [-0.15, -0.1) is 0 Å². The van der Waals surface area contributed by atoms with Gasteiger partial charge < -0.3 is 9.47 Å². The normalized spacial score (nSPS) is 15.7. The molecular weight excluding hydrogens is 444 g/mol. The molecule has 0 unspecified atom stereocenters. The Morgan fingerprint density at radius 1 is 0.971 bits per heavy atom. The maximum absolute atomic E-state index is 13.4. The molecule has 1 heterocycles. The fraction of sp³-hybridized carbons (Fsp3) is 0.143. The van der Waals surface area contributed by atoms with Gasteiger partial charge in [0.05, 0.1) is 25.1 Å². The number of hydrogen-bond acceptors (Lipinski definition) is 5. The lowest BCUT2D eigenvalue weighted by molar-refractivity contribution is -0.122. The van der Waals surface area contributed by atoms with Crippen molar-refractivity contribution >= 4 is 28.9 Å². The average Bonchev–Trinajstić information content (AvgIpc) is 3.17. The van der Waals surface area contributed by atoms with Crippen LogP contribution in [0.2, 0.25) is 0 Å². The number of carbonyl (C=O) groups is 1. The van der Waals surface area contributed by atoms with Crippen molar-refractivity contribution in [1.29, 1.82) is 0 Å². The molecule has 1 amide bonds. The molecule has 0 N–H and O–H groups in total. The van der Waals surface area contributed by atoms with Crippen molar-refractivity contribution in [3.8, 4) is 11.5 Å². The van der Waals surface area contributed by atoms with Crippen molar-refractivity contribution < 1.29 is 14.3 Å². The molecule has 1 aliphatic heterocycles. The van der Waals surface area contributed by atoms with Crippen LogP contribution in [0.4, 0.5) is 0 Å². The Morgan fingerprint density at radius 2 is 1.68 bits per heavy atom. The topological polar surface area (TPSA) is 51.1 Å². The molecule has 0 aliphatic carbocycles. The number of ether oxygens (including phenoxy) is 2. The first kappa shape index (κ1) is 23.4. The molecule has 6 heteroatoms. The zero-order valence-electron chi connectivity index (χ0n) is 19.0. The third-order valence-corrected chi connectivity index (χ3v) is 6.20. The molecule has 4 rings (SSSR count). The van der Waals surface area contributed by atoms with Crippen LogP contribution in [0, 0.1) is 0 Å². The first-order valence-corrected chi connectivity index (χ1v) is 11.7. The Labute approximate surface area is 204 Å². The highest BCUT2D eigenvalue weighted by atomic mass is 32.2. The second-order valence-electron chi connectivity index (χ2n) is 7.58. The Balaban J connectivity index is 1.62. The van der Waals surface area contributed by atoms with Gasteiger partial charge in [-0.05, 0) is 46.7 Å². The Hall–Kier alpha value is -3.77. The highest BCUT2D eigenvalue weighted by Crippen LogP contribution is 2.35. The van der Waals surface area contributed by atoms with Crippen molar-refractivity contribution in [2.24, 2.45) is 4.99 Å². The van der Waals surface area contributed by atoms with Crippen LogP contribution in [0.5, 0.6) is 11.5 Å². The fourth-order valence-electron chi connectivity index (χ4n) is 3.47. The molecular formula is C28H26N2O3S. The number of benzene rings is 3. The van der Waals surface area contributed by atoms with Crippen LogP contribution in [0.25, 0.3) is 6.08 Å². The van der Waals surface area contributed by atoms with Crippen molar-refractivity contribution in [1.82, 2.24) is 4.90 Å². The molecule has 0 bridgehead atoms. The summed E-state index contributed by atoms with van der Waals surface area (Å²) in [6.45, 7) is 5.04. The summed E-state index contributed by atoms with van der Waals surface area (Å²) in [7, 11) is 1.60. The first-order valence-electron chi connectivity index (χ1n) is 10.9. The van der Waals surface area contributed by atoms with Gasteiger partial charge in [0, 0.05) is 0 Å². The van der Waals surface area contributed by atoms with Crippen LogP contribution in [-0.4, -0.2) is 29.7 Å². The van der Waals surface area contributed by atoms with Gasteiger partial charge in [0.25, 0.3) is 5.91 Å². The zero-order chi connectivity index (χ0) is 23.8. The summed E-state index contributed by atoms with van der Waals surface area (Å²) in [6.07, 6.45) is 3.55. The summed E-state index contributed by atoms with van der Waals surface area (Å²) in [5.74, 6) is 1.17. The minimum Gasteiger partial charge on any atom is -0.493 e. The molecule has 0 aromatic heterocycles. The summed E-state index contributed by atoms with van der Waals surface area (Å²) >= 11 is 1.39. The van der Waals surface area contributed by atoms with E-state index >= 15 is 0 Å². The monoisotopic (exact) mass is 470 g/mol. The van der Waals surface area contributed by atoms with Crippen LogP contribution in [0.1, 0.15) is 16.7 Å². The van der Waals surface area contributed by atoms with E-state index in [1.165, 1.54) is 11.8 Å². The molecule has 0 atom stereocenters. The second-order valence-corrected chi connectivity index (χ2v) is 8.59. The maximum Gasteiger partial charge on any atom is 0.267 e. The molecule has 1 fully saturated rings. The quantitative estimate of drug-likeness (QED) is 0.287. The molecule has 5 nitrogen and oxygen atoms in total.